The van der Waals surface area contributed by atoms with Crippen molar-refractivity contribution in [3.05, 3.63) is 69.0 Å². The maximum Gasteiger partial charge on any atom is 0.293 e. The Labute approximate surface area is 171 Å². The molecule has 27 heavy (non-hydrogen) atoms. The zero-order valence-corrected chi connectivity index (χ0v) is 17.5. The Kier molecular flexibility index (Phi) is 6.39. The topological polar surface area (TPSA) is 46.6 Å². The molecule has 0 radical (unpaired) electrons. The number of halogens is 1. The van der Waals surface area contributed by atoms with Gasteiger partial charge >= 0.3 is 0 Å². The van der Waals surface area contributed by atoms with E-state index in [1.165, 1.54) is 4.90 Å². The minimum absolute atomic E-state index is 0.0759. The first-order valence-electron chi connectivity index (χ1n) is 8.73. The summed E-state index contributed by atoms with van der Waals surface area (Å²) in [5.41, 5.74) is 1.70. The van der Waals surface area contributed by atoms with E-state index in [9.17, 15) is 9.59 Å². The second kappa shape index (κ2) is 8.76. The minimum Gasteiger partial charge on any atom is -0.490 e. The van der Waals surface area contributed by atoms with E-state index in [0.717, 1.165) is 33.8 Å². The van der Waals surface area contributed by atoms with Crippen molar-refractivity contribution in [1.82, 2.24) is 4.90 Å². The average Bonchev–Trinajstić information content (AvgIpc) is 2.92. The molecule has 1 aliphatic heterocycles. The molecule has 4 nitrogen and oxygen atoms in total. The van der Waals surface area contributed by atoms with E-state index < -0.39 is 0 Å². The molecule has 0 aliphatic carbocycles. The van der Waals surface area contributed by atoms with Crippen LogP contribution in [0.1, 0.15) is 31.4 Å². The number of imide groups is 1. The Morgan fingerprint density at radius 3 is 2.56 bits per heavy atom. The van der Waals surface area contributed by atoms with Gasteiger partial charge in [0.2, 0.25) is 0 Å². The first-order chi connectivity index (χ1) is 13.0. The van der Waals surface area contributed by atoms with Crippen LogP contribution in [0, 0.1) is 0 Å². The summed E-state index contributed by atoms with van der Waals surface area (Å²) in [6.07, 6.45) is 2.70. The van der Waals surface area contributed by atoms with E-state index in [2.05, 4.69) is 22.9 Å². The monoisotopic (exact) mass is 445 g/mol. The first-order valence-corrected chi connectivity index (χ1v) is 10.3. The van der Waals surface area contributed by atoms with Crippen molar-refractivity contribution in [2.45, 2.75) is 32.9 Å². The van der Waals surface area contributed by atoms with E-state index in [-0.39, 0.29) is 23.8 Å². The minimum atomic E-state index is -0.272. The highest BCUT2D eigenvalue weighted by molar-refractivity contribution is 9.10. The van der Waals surface area contributed by atoms with Crippen molar-refractivity contribution in [3.8, 4) is 5.75 Å². The largest absolute Gasteiger partial charge is 0.490 e. The van der Waals surface area contributed by atoms with Gasteiger partial charge in [-0.1, -0.05) is 53.2 Å². The zero-order valence-electron chi connectivity index (χ0n) is 15.1. The van der Waals surface area contributed by atoms with Gasteiger partial charge in [0.15, 0.2) is 0 Å². The van der Waals surface area contributed by atoms with Gasteiger partial charge in [-0.05, 0) is 54.9 Å². The number of hydrogen-bond donors (Lipinski definition) is 0. The Balaban J connectivity index is 1.81. The Bertz CT molecular complexity index is 879. The van der Waals surface area contributed by atoms with Gasteiger partial charge < -0.3 is 4.74 Å². The molecule has 6 heteroatoms. The fraction of sp³-hybridized carbons (Fsp3) is 0.238. The molecule has 0 bridgehead atoms. The number of ether oxygens (including phenoxy) is 1. The Hall–Kier alpha value is -2.05. The number of benzene rings is 2. The second-order valence-electron chi connectivity index (χ2n) is 6.27. The lowest BCUT2D eigenvalue weighted by molar-refractivity contribution is -0.123. The molecule has 3 rings (SSSR count). The third-order valence-electron chi connectivity index (χ3n) is 4.24. The summed E-state index contributed by atoms with van der Waals surface area (Å²) < 4.78 is 6.89. The van der Waals surface area contributed by atoms with Crippen LogP contribution in [0.25, 0.3) is 6.08 Å². The molecule has 0 saturated carbocycles. The van der Waals surface area contributed by atoms with Crippen molar-refractivity contribution in [3.63, 3.8) is 0 Å². The third kappa shape index (κ3) is 4.82. The van der Waals surface area contributed by atoms with E-state index in [4.69, 9.17) is 4.74 Å². The molecule has 140 valence electrons. The fourth-order valence-corrected chi connectivity index (χ4v) is 3.65. The lowest BCUT2D eigenvalue weighted by Crippen LogP contribution is -2.27. The van der Waals surface area contributed by atoms with E-state index in [0.29, 0.717) is 10.7 Å². The van der Waals surface area contributed by atoms with Crippen LogP contribution in [0.5, 0.6) is 5.75 Å². The van der Waals surface area contributed by atoms with Gasteiger partial charge in [-0.15, -0.1) is 0 Å². The number of carbonyl (C=O) groups excluding carboxylic acids is 2. The molecule has 1 unspecified atom stereocenters. The maximum atomic E-state index is 12.7. The smallest absolute Gasteiger partial charge is 0.293 e. The number of nitrogens with zero attached hydrogens (tertiary/aromatic N) is 1. The molecule has 0 spiro atoms. The quantitative estimate of drug-likeness (QED) is 0.522. The lowest BCUT2D eigenvalue weighted by atomic mass is 10.1. The van der Waals surface area contributed by atoms with Gasteiger partial charge in [0.1, 0.15) is 5.75 Å². The van der Waals surface area contributed by atoms with E-state index in [1.54, 1.807) is 6.08 Å². The van der Waals surface area contributed by atoms with Crippen molar-refractivity contribution in [1.29, 1.82) is 0 Å². The first kappa shape index (κ1) is 19.7. The molecule has 0 N–H and O–H groups in total. The highest BCUT2D eigenvalue weighted by atomic mass is 79.9. The molecule has 1 heterocycles. The van der Waals surface area contributed by atoms with Gasteiger partial charge in [0.25, 0.3) is 11.1 Å². The second-order valence-corrected chi connectivity index (χ2v) is 8.18. The average molecular weight is 446 g/mol. The number of para-hydroxylation sites is 1. The van der Waals surface area contributed by atoms with Crippen LogP contribution in [-0.4, -0.2) is 22.2 Å². The van der Waals surface area contributed by atoms with E-state index >= 15 is 0 Å². The van der Waals surface area contributed by atoms with Gasteiger partial charge in [-0.3, -0.25) is 14.5 Å². The third-order valence-corrected chi connectivity index (χ3v) is 5.67. The van der Waals surface area contributed by atoms with Gasteiger partial charge in [-0.25, -0.2) is 0 Å². The Morgan fingerprint density at radius 2 is 1.85 bits per heavy atom. The predicted molar refractivity (Wildman–Crippen MR) is 112 cm³/mol. The summed E-state index contributed by atoms with van der Waals surface area (Å²) in [4.78, 5) is 26.8. The summed E-state index contributed by atoms with van der Waals surface area (Å²) in [5, 5.41) is -0.255. The Morgan fingerprint density at radius 1 is 1.15 bits per heavy atom. The van der Waals surface area contributed by atoms with Crippen LogP contribution >= 0.6 is 27.7 Å². The molecule has 2 aromatic carbocycles. The molecule has 2 aromatic rings. The highest BCUT2D eigenvalue weighted by Gasteiger charge is 2.35. The van der Waals surface area contributed by atoms with E-state index in [1.807, 2.05) is 55.5 Å². The highest BCUT2D eigenvalue weighted by Crippen LogP contribution is 2.35. The predicted octanol–water partition coefficient (Wildman–Crippen LogP) is 5.86. The molecular formula is C21H20BrNO3S. The summed E-state index contributed by atoms with van der Waals surface area (Å²) in [6.45, 7) is 4.32. The van der Waals surface area contributed by atoms with Crippen LogP contribution < -0.4 is 4.74 Å². The van der Waals surface area contributed by atoms with Gasteiger partial charge in [0, 0.05) is 10.0 Å². The summed E-state index contributed by atoms with van der Waals surface area (Å²) in [7, 11) is 0. The number of hydrogen-bond acceptors (Lipinski definition) is 4. The molecule has 1 atom stereocenters. The fourth-order valence-electron chi connectivity index (χ4n) is 2.56. The van der Waals surface area contributed by atoms with Crippen LogP contribution in [0.3, 0.4) is 0 Å². The molecule has 1 fully saturated rings. The van der Waals surface area contributed by atoms with Crippen molar-refractivity contribution in [2.75, 3.05) is 0 Å². The summed E-state index contributed by atoms with van der Waals surface area (Å²) >= 11 is 4.35. The molecule has 1 aliphatic rings. The van der Waals surface area contributed by atoms with Crippen molar-refractivity contribution >= 4 is 44.9 Å². The van der Waals surface area contributed by atoms with Crippen molar-refractivity contribution < 1.29 is 14.3 Å². The van der Waals surface area contributed by atoms with Crippen LogP contribution in [0.4, 0.5) is 4.79 Å². The maximum absolute atomic E-state index is 12.7. The SMILES string of the molecule is CCC(C)Oc1ccccc1/C=C1\SC(=O)N(Cc2ccc(Br)cc2)C1=O. The number of amides is 2. The number of rotatable bonds is 6. The number of carbonyl (C=O) groups is 2. The van der Waals surface area contributed by atoms with Crippen LogP contribution in [-0.2, 0) is 11.3 Å². The van der Waals surface area contributed by atoms with Crippen LogP contribution in [0.15, 0.2) is 57.9 Å². The summed E-state index contributed by atoms with van der Waals surface area (Å²) in [5.74, 6) is 0.442. The van der Waals surface area contributed by atoms with Gasteiger partial charge in [0.05, 0.1) is 17.6 Å². The molecule has 0 aromatic heterocycles. The molecule has 1 saturated heterocycles. The van der Waals surface area contributed by atoms with Crippen molar-refractivity contribution in [2.24, 2.45) is 0 Å². The number of thioether (sulfide) groups is 1. The standard InChI is InChI=1S/C21H20BrNO3S/c1-3-14(2)26-18-7-5-4-6-16(18)12-19-20(24)23(21(25)27-19)13-15-8-10-17(22)11-9-15/h4-12,14H,3,13H2,1-2H3/b19-12-. The molecule has 2 amide bonds. The normalized spacial score (nSPS) is 16.9. The lowest BCUT2D eigenvalue weighted by Gasteiger charge is -2.15. The van der Waals surface area contributed by atoms with Crippen LogP contribution in [0.2, 0.25) is 0 Å². The van der Waals surface area contributed by atoms with Gasteiger partial charge in [-0.2, -0.15) is 0 Å². The summed E-state index contributed by atoms with van der Waals surface area (Å²) in [6, 6.07) is 15.1. The zero-order chi connectivity index (χ0) is 19.4. The molecular weight excluding hydrogens is 426 g/mol.